The molecule has 0 radical (unpaired) electrons. The van der Waals surface area contributed by atoms with E-state index in [1.165, 1.54) is 0 Å². The SMILES string of the molecule is O=C(CBr)c1cc2c(Br)cc(Br)cc2c2cc(Br)ccc12. The molecule has 3 rings (SSSR count). The molecule has 3 aromatic carbocycles. The Morgan fingerprint density at radius 1 is 0.810 bits per heavy atom. The Hall–Kier alpha value is -0.230. The van der Waals surface area contributed by atoms with Crippen LogP contribution in [0.25, 0.3) is 21.5 Å². The van der Waals surface area contributed by atoms with Crippen LogP contribution in [0.1, 0.15) is 10.4 Å². The Labute approximate surface area is 155 Å². The average molecular weight is 536 g/mol. The topological polar surface area (TPSA) is 17.1 Å². The maximum absolute atomic E-state index is 12.3. The van der Waals surface area contributed by atoms with Crippen LogP contribution in [0.5, 0.6) is 0 Å². The summed E-state index contributed by atoms with van der Waals surface area (Å²) < 4.78 is 2.97. The van der Waals surface area contributed by atoms with E-state index in [1.54, 1.807) is 0 Å². The first-order valence-corrected chi connectivity index (χ1v) is 9.61. The summed E-state index contributed by atoms with van der Waals surface area (Å²) in [6, 6.07) is 12.1. The fourth-order valence-electron chi connectivity index (χ4n) is 2.45. The first-order chi connectivity index (χ1) is 10.0. The highest BCUT2D eigenvalue weighted by Crippen LogP contribution is 2.36. The lowest BCUT2D eigenvalue weighted by Crippen LogP contribution is -2.01. The molecule has 0 spiro atoms. The van der Waals surface area contributed by atoms with Gasteiger partial charge < -0.3 is 0 Å². The molecule has 0 saturated carbocycles. The van der Waals surface area contributed by atoms with Gasteiger partial charge in [-0.25, -0.2) is 0 Å². The summed E-state index contributed by atoms with van der Waals surface area (Å²) in [6.45, 7) is 0. The number of alkyl halides is 1. The van der Waals surface area contributed by atoms with Crippen molar-refractivity contribution in [3.05, 3.63) is 55.4 Å². The van der Waals surface area contributed by atoms with Crippen molar-refractivity contribution in [1.29, 1.82) is 0 Å². The average Bonchev–Trinajstić information content (AvgIpc) is 2.45. The summed E-state index contributed by atoms with van der Waals surface area (Å²) in [5.74, 6) is 0.0824. The third-order valence-electron chi connectivity index (χ3n) is 3.37. The van der Waals surface area contributed by atoms with E-state index >= 15 is 0 Å². The molecule has 1 nitrogen and oxygen atoms in total. The van der Waals surface area contributed by atoms with Crippen molar-refractivity contribution in [3.8, 4) is 0 Å². The van der Waals surface area contributed by atoms with Crippen molar-refractivity contribution in [2.45, 2.75) is 0 Å². The molecular formula is C16H8Br4O. The van der Waals surface area contributed by atoms with Crippen LogP contribution in [-0.2, 0) is 0 Å². The van der Waals surface area contributed by atoms with Gasteiger partial charge in [0.2, 0.25) is 0 Å². The van der Waals surface area contributed by atoms with Crippen molar-refractivity contribution in [1.82, 2.24) is 0 Å². The molecule has 0 aromatic heterocycles. The van der Waals surface area contributed by atoms with E-state index < -0.39 is 0 Å². The first-order valence-electron chi connectivity index (χ1n) is 6.11. The van der Waals surface area contributed by atoms with Gasteiger partial charge in [0.25, 0.3) is 0 Å². The summed E-state index contributed by atoms with van der Waals surface area (Å²) in [6.07, 6.45) is 0. The van der Waals surface area contributed by atoms with Crippen molar-refractivity contribution in [2.24, 2.45) is 0 Å². The molecular weight excluding hydrogens is 528 g/mol. The van der Waals surface area contributed by atoms with E-state index in [-0.39, 0.29) is 5.78 Å². The number of Topliss-reactive ketones (excluding diaryl/α,β-unsaturated/α-hetero) is 1. The minimum absolute atomic E-state index is 0.0824. The molecule has 3 aromatic rings. The first kappa shape index (κ1) is 15.7. The van der Waals surface area contributed by atoms with Crippen molar-refractivity contribution >= 4 is 91.0 Å². The van der Waals surface area contributed by atoms with E-state index in [9.17, 15) is 4.79 Å². The highest BCUT2D eigenvalue weighted by atomic mass is 79.9. The Kier molecular flexibility index (Phi) is 4.55. The van der Waals surface area contributed by atoms with Crippen LogP contribution in [0, 0.1) is 0 Å². The van der Waals surface area contributed by atoms with Gasteiger partial charge >= 0.3 is 0 Å². The molecule has 0 atom stereocenters. The standard InChI is InChI=1S/C16H8Br4O/c17-7-16(21)14-6-13-12(4-9(19)5-15(13)20)11-3-8(18)1-2-10(11)14/h1-6H,7H2. The van der Waals surface area contributed by atoms with Crippen molar-refractivity contribution in [3.63, 3.8) is 0 Å². The van der Waals surface area contributed by atoms with Crippen LogP contribution in [-0.4, -0.2) is 11.1 Å². The van der Waals surface area contributed by atoms with E-state index in [4.69, 9.17) is 0 Å². The minimum atomic E-state index is 0.0824. The maximum atomic E-state index is 12.3. The second-order valence-electron chi connectivity index (χ2n) is 4.65. The zero-order valence-electron chi connectivity index (χ0n) is 10.6. The molecule has 0 unspecified atom stereocenters. The number of ketones is 1. The number of hydrogen-bond acceptors (Lipinski definition) is 1. The molecule has 106 valence electrons. The predicted octanol–water partition coefficient (Wildman–Crippen LogP) is 6.86. The zero-order valence-corrected chi connectivity index (χ0v) is 16.9. The number of hydrogen-bond donors (Lipinski definition) is 0. The summed E-state index contributed by atoms with van der Waals surface area (Å²) in [5, 5.41) is 4.50. The predicted molar refractivity (Wildman–Crippen MR) is 103 cm³/mol. The van der Waals surface area contributed by atoms with Gasteiger partial charge in [-0.05, 0) is 51.9 Å². The van der Waals surface area contributed by atoms with Crippen LogP contribution in [0.2, 0.25) is 0 Å². The molecule has 0 amide bonds. The van der Waals surface area contributed by atoms with E-state index in [0.29, 0.717) is 5.33 Å². The lowest BCUT2D eigenvalue weighted by Gasteiger charge is -2.11. The second-order valence-corrected chi connectivity index (χ2v) is 7.90. The number of rotatable bonds is 2. The van der Waals surface area contributed by atoms with E-state index in [2.05, 4.69) is 75.9 Å². The van der Waals surface area contributed by atoms with E-state index in [0.717, 1.165) is 40.5 Å². The third-order valence-corrected chi connectivity index (χ3v) is 5.48. The number of carbonyl (C=O) groups excluding carboxylic acids is 1. The third kappa shape index (κ3) is 2.85. The smallest absolute Gasteiger partial charge is 0.174 e. The zero-order chi connectivity index (χ0) is 15.1. The number of halogens is 4. The molecule has 21 heavy (non-hydrogen) atoms. The van der Waals surface area contributed by atoms with Crippen LogP contribution in [0.4, 0.5) is 0 Å². The molecule has 0 heterocycles. The highest BCUT2D eigenvalue weighted by Gasteiger charge is 2.14. The fraction of sp³-hybridized carbons (Fsp3) is 0.0625. The molecule has 5 heteroatoms. The van der Waals surface area contributed by atoms with Crippen molar-refractivity contribution < 1.29 is 4.79 Å². The molecule has 0 N–H and O–H groups in total. The van der Waals surface area contributed by atoms with Crippen LogP contribution in [0.3, 0.4) is 0 Å². The highest BCUT2D eigenvalue weighted by molar-refractivity contribution is 9.11. The summed E-state index contributed by atoms with van der Waals surface area (Å²) in [4.78, 5) is 12.3. The molecule has 0 aliphatic heterocycles. The van der Waals surface area contributed by atoms with E-state index in [1.807, 2.05) is 24.3 Å². The monoisotopic (exact) mass is 532 g/mol. The molecule has 0 saturated heterocycles. The van der Waals surface area contributed by atoms with Crippen LogP contribution >= 0.6 is 63.7 Å². The van der Waals surface area contributed by atoms with Gasteiger partial charge in [-0.15, -0.1) is 0 Å². The molecule has 0 fully saturated rings. The van der Waals surface area contributed by atoms with Crippen molar-refractivity contribution in [2.75, 3.05) is 5.33 Å². The minimum Gasteiger partial charge on any atom is -0.293 e. The summed E-state index contributed by atoms with van der Waals surface area (Å²) in [7, 11) is 0. The maximum Gasteiger partial charge on any atom is 0.174 e. The Balaban J connectivity index is 2.56. The summed E-state index contributed by atoms with van der Waals surface area (Å²) in [5.41, 5.74) is 0.741. The lowest BCUT2D eigenvalue weighted by molar-refractivity contribution is 0.102. The van der Waals surface area contributed by atoms with Gasteiger partial charge in [0, 0.05) is 19.0 Å². The number of carbonyl (C=O) groups is 1. The van der Waals surface area contributed by atoms with Gasteiger partial charge in [0.05, 0.1) is 5.33 Å². The fourth-order valence-corrected chi connectivity index (χ4v) is 4.46. The van der Waals surface area contributed by atoms with Crippen LogP contribution in [0.15, 0.2) is 49.8 Å². The van der Waals surface area contributed by atoms with Crippen LogP contribution < -0.4 is 0 Å². The van der Waals surface area contributed by atoms with Gasteiger partial charge in [-0.1, -0.05) is 69.8 Å². The quantitative estimate of drug-likeness (QED) is 0.199. The van der Waals surface area contributed by atoms with Gasteiger partial charge in [-0.3, -0.25) is 4.79 Å². The second kappa shape index (κ2) is 6.11. The number of fused-ring (bicyclic) bond motifs is 3. The normalized spacial score (nSPS) is 11.2. The Morgan fingerprint density at radius 3 is 2.19 bits per heavy atom. The largest absolute Gasteiger partial charge is 0.293 e. The number of benzene rings is 3. The lowest BCUT2D eigenvalue weighted by atomic mass is 9.95. The molecule has 0 bridgehead atoms. The molecule has 0 aliphatic rings. The Morgan fingerprint density at radius 2 is 1.48 bits per heavy atom. The summed E-state index contributed by atoms with van der Waals surface area (Å²) >= 11 is 13.9. The van der Waals surface area contributed by atoms with Gasteiger partial charge in [-0.2, -0.15) is 0 Å². The molecule has 0 aliphatic carbocycles. The Bertz CT molecular complexity index is 886. The van der Waals surface area contributed by atoms with Gasteiger partial charge in [0.15, 0.2) is 5.78 Å². The van der Waals surface area contributed by atoms with Gasteiger partial charge in [0.1, 0.15) is 0 Å².